The van der Waals surface area contributed by atoms with Gasteiger partial charge in [0.2, 0.25) is 0 Å². The number of esters is 1. The first-order valence-corrected chi connectivity index (χ1v) is 11.9. The van der Waals surface area contributed by atoms with Gasteiger partial charge in [-0.3, -0.25) is 0 Å². The van der Waals surface area contributed by atoms with Gasteiger partial charge in [0, 0.05) is 5.56 Å². The molecule has 3 atom stereocenters. The zero-order valence-corrected chi connectivity index (χ0v) is 20.6. The summed E-state index contributed by atoms with van der Waals surface area (Å²) in [6.07, 6.45) is -8.64. The Morgan fingerprint density at radius 1 is 0.718 bits per heavy atom. The van der Waals surface area contributed by atoms with Crippen molar-refractivity contribution in [3.63, 3.8) is 0 Å². The average Bonchev–Trinajstić information content (AvgIpc) is 3.37. The molecule has 1 aliphatic heterocycles. The van der Waals surface area contributed by atoms with Gasteiger partial charge in [0.25, 0.3) is 5.60 Å². The molecule has 4 aromatic rings. The molecule has 0 aromatic heterocycles. The van der Waals surface area contributed by atoms with Crippen molar-refractivity contribution in [2.75, 3.05) is 7.11 Å². The highest BCUT2D eigenvalue weighted by Crippen LogP contribution is 2.55. The van der Waals surface area contributed by atoms with E-state index in [0.29, 0.717) is 17.2 Å². The monoisotopic (exact) mass is 536 g/mol. The SMILES string of the molecule is COC(=O)[C@@]1(C(F)(F)F)O[C@H](c2cccc(Oc3ccccc3)c2)O[C@H]1c1cccc(Oc2ccccc2)c1. The third-order valence-electron chi connectivity index (χ3n) is 6.08. The molecule has 0 radical (unpaired) electrons. The van der Waals surface area contributed by atoms with Crippen molar-refractivity contribution in [2.45, 2.75) is 24.2 Å². The number of alkyl halides is 3. The van der Waals surface area contributed by atoms with E-state index in [9.17, 15) is 18.0 Å². The molecule has 1 fully saturated rings. The molecule has 0 saturated carbocycles. The van der Waals surface area contributed by atoms with Crippen molar-refractivity contribution < 1.29 is 41.7 Å². The molecule has 200 valence electrons. The van der Waals surface area contributed by atoms with E-state index in [1.807, 2.05) is 6.07 Å². The van der Waals surface area contributed by atoms with Crippen molar-refractivity contribution in [3.8, 4) is 23.0 Å². The number of ether oxygens (including phenoxy) is 5. The first kappa shape index (κ1) is 26.3. The number of halogens is 3. The fraction of sp³-hybridized carbons (Fsp3) is 0.167. The van der Waals surface area contributed by atoms with Crippen LogP contribution in [0.3, 0.4) is 0 Å². The molecular formula is C30H23F3O6. The third kappa shape index (κ3) is 5.32. The number of carbonyl (C=O) groups is 1. The van der Waals surface area contributed by atoms with Crippen molar-refractivity contribution in [2.24, 2.45) is 0 Å². The average molecular weight is 537 g/mol. The Hall–Kier alpha value is -4.34. The van der Waals surface area contributed by atoms with Crippen LogP contribution in [0.4, 0.5) is 13.2 Å². The lowest BCUT2D eigenvalue weighted by Crippen LogP contribution is -2.56. The molecule has 0 spiro atoms. The second kappa shape index (κ2) is 10.8. The maximum Gasteiger partial charge on any atom is 0.431 e. The smallest absolute Gasteiger partial charge is 0.431 e. The molecular weight excluding hydrogens is 513 g/mol. The molecule has 39 heavy (non-hydrogen) atoms. The van der Waals surface area contributed by atoms with Gasteiger partial charge >= 0.3 is 12.1 Å². The van der Waals surface area contributed by atoms with E-state index in [-0.39, 0.29) is 16.9 Å². The highest BCUT2D eigenvalue weighted by atomic mass is 19.4. The van der Waals surface area contributed by atoms with Crippen LogP contribution >= 0.6 is 0 Å². The Morgan fingerprint density at radius 3 is 1.72 bits per heavy atom. The summed E-state index contributed by atoms with van der Waals surface area (Å²) in [6, 6.07) is 29.8. The van der Waals surface area contributed by atoms with E-state index in [1.165, 1.54) is 30.3 Å². The van der Waals surface area contributed by atoms with E-state index in [2.05, 4.69) is 4.74 Å². The Bertz CT molecular complexity index is 1430. The number of hydrogen-bond donors (Lipinski definition) is 0. The van der Waals surface area contributed by atoms with Gasteiger partial charge in [-0.15, -0.1) is 0 Å². The number of rotatable bonds is 7. The molecule has 0 aliphatic carbocycles. The van der Waals surface area contributed by atoms with Crippen LogP contribution in [0.15, 0.2) is 109 Å². The summed E-state index contributed by atoms with van der Waals surface area (Å²) >= 11 is 0. The highest BCUT2D eigenvalue weighted by Gasteiger charge is 2.73. The summed E-state index contributed by atoms with van der Waals surface area (Å²) in [5, 5.41) is 0. The Labute approximate surface area is 222 Å². The predicted molar refractivity (Wildman–Crippen MR) is 134 cm³/mol. The van der Waals surface area contributed by atoms with E-state index in [4.69, 9.17) is 18.9 Å². The fourth-order valence-corrected chi connectivity index (χ4v) is 4.29. The van der Waals surface area contributed by atoms with Gasteiger partial charge in [0.15, 0.2) is 6.29 Å². The van der Waals surface area contributed by atoms with Gasteiger partial charge in [0.1, 0.15) is 29.1 Å². The van der Waals surface area contributed by atoms with Gasteiger partial charge in [0.05, 0.1) is 7.11 Å². The van der Waals surface area contributed by atoms with E-state index in [1.54, 1.807) is 72.8 Å². The Kier molecular flexibility index (Phi) is 7.28. The lowest BCUT2D eigenvalue weighted by Gasteiger charge is -2.31. The van der Waals surface area contributed by atoms with E-state index >= 15 is 0 Å². The molecule has 0 N–H and O–H groups in total. The van der Waals surface area contributed by atoms with Crippen molar-refractivity contribution in [1.82, 2.24) is 0 Å². The van der Waals surface area contributed by atoms with Crippen molar-refractivity contribution in [3.05, 3.63) is 120 Å². The lowest BCUT2D eigenvalue weighted by atomic mass is 9.90. The molecule has 0 amide bonds. The van der Waals surface area contributed by atoms with Crippen LogP contribution in [-0.4, -0.2) is 24.9 Å². The molecule has 9 heteroatoms. The lowest BCUT2D eigenvalue weighted by molar-refractivity contribution is -0.275. The Balaban J connectivity index is 1.51. The molecule has 5 rings (SSSR count). The first-order valence-electron chi connectivity index (χ1n) is 11.9. The van der Waals surface area contributed by atoms with Crippen LogP contribution < -0.4 is 9.47 Å². The minimum absolute atomic E-state index is 0.0188. The van der Waals surface area contributed by atoms with Gasteiger partial charge < -0.3 is 23.7 Å². The summed E-state index contributed by atoms with van der Waals surface area (Å²) in [4.78, 5) is 12.8. The summed E-state index contributed by atoms with van der Waals surface area (Å²) in [5.41, 5.74) is -3.20. The second-order valence-corrected chi connectivity index (χ2v) is 8.67. The summed E-state index contributed by atoms with van der Waals surface area (Å²) in [6.45, 7) is 0. The molecule has 6 nitrogen and oxygen atoms in total. The number of benzene rings is 4. The first-order chi connectivity index (χ1) is 18.8. The topological polar surface area (TPSA) is 63.2 Å². The predicted octanol–water partition coefficient (Wildman–Crippen LogP) is 7.53. The number of para-hydroxylation sites is 2. The summed E-state index contributed by atoms with van der Waals surface area (Å²) in [7, 11) is 0.868. The van der Waals surface area contributed by atoms with Crippen LogP contribution in [0.5, 0.6) is 23.0 Å². The second-order valence-electron chi connectivity index (χ2n) is 8.67. The number of hydrogen-bond acceptors (Lipinski definition) is 6. The van der Waals surface area contributed by atoms with E-state index < -0.39 is 30.1 Å². The minimum atomic E-state index is -5.19. The number of methoxy groups -OCH3 is 1. The van der Waals surface area contributed by atoms with Crippen molar-refractivity contribution >= 4 is 5.97 Å². The molecule has 0 bridgehead atoms. The van der Waals surface area contributed by atoms with Gasteiger partial charge in [-0.05, 0) is 54.1 Å². The standard InChI is InChI=1S/C30H23F3O6/c1-35-28(34)29(30(31,32)33)26(20-10-8-16-24(18-20)36-22-12-4-2-5-13-22)38-27(39-29)21-11-9-17-25(19-21)37-23-14-6-3-7-15-23/h2-19,26-27H,1H3/t26-,27+,29-/m0/s1. The maximum absolute atomic E-state index is 14.7. The maximum atomic E-state index is 14.7. The van der Waals surface area contributed by atoms with Crippen LogP contribution in [0.1, 0.15) is 23.5 Å². The highest BCUT2D eigenvalue weighted by molar-refractivity contribution is 5.82. The van der Waals surface area contributed by atoms with Gasteiger partial charge in [-0.2, -0.15) is 13.2 Å². The van der Waals surface area contributed by atoms with Crippen LogP contribution in [0, 0.1) is 0 Å². The molecule has 4 aromatic carbocycles. The van der Waals surface area contributed by atoms with Gasteiger partial charge in [-0.1, -0.05) is 60.7 Å². The van der Waals surface area contributed by atoms with Crippen LogP contribution in [-0.2, 0) is 19.0 Å². The normalized spacial score (nSPS) is 20.8. The van der Waals surface area contributed by atoms with E-state index in [0.717, 1.165) is 7.11 Å². The zero-order chi connectivity index (χ0) is 27.5. The molecule has 1 aliphatic rings. The minimum Gasteiger partial charge on any atom is -0.467 e. The molecule has 1 heterocycles. The quantitative estimate of drug-likeness (QED) is 0.228. The largest absolute Gasteiger partial charge is 0.467 e. The fourth-order valence-electron chi connectivity index (χ4n) is 4.29. The van der Waals surface area contributed by atoms with Gasteiger partial charge in [-0.25, -0.2) is 4.79 Å². The molecule has 1 saturated heterocycles. The summed E-state index contributed by atoms with van der Waals surface area (Å²) < 4.78 is 71.7. The third-order valence-corrected chi connectivity index (χ3v) is 6.08. The van der Waals surface area contributed by atoms with Crippen LogP contribution in [0.2, 0.25) is 0 Å². The molecule has 0 unspecified atom stereocenters. The Morgan fingerprint density at radius 2 is 1.21 bits per heavy atom. The zero-order valence-electron chi connectivity index (χ0n) is 20.6. The van der Waals surface area contributed by atoms with Crippen LogP contribution in [0.25, 0.3) is 0 Å². The summed E-state index contributed by atoms with van der Waals surface area (Å²) in [5.74, 6) is -0.00146. The number of carbonyl (C=O) groups excluding carboxylic acids is 1. The van der Waals surface area contributed by atoms with Crippen molar-refractivity contribution in [1.29, 1.82) is 0 Å².